The van der Waals surface area contributed by atoms with E-state index >= 15 is 0 Å². The third kappa shape index (κ3) is 6.78. The summed E-state index contributed by atoms with van der Waals surface area (Å²) in [5.41, 5.74) is 22.7. The van der Waals surface area contributed by atoms with Gasteiger partial charge in [0.15, 0.2) is 8.07 Å². The standard InChI is InChI=1S/C70H74BN3Si/c1-45-38-57-64-61(40-45)75(53-22-16-14-17-23-53,54-24-18-15-19-25-54)62-41-46(2)39-58-65(62)71(64)63-59(72(57)50-31-26-47(27-32-50)66(3,4)5)43-52(44-60(63)73(58)51-33-28-48(29-34-51)67(6,7)8)74-56-35-30-49(68(9,10)11)42-55(56)69(12)36-20-21-37-70(69,74)13/h14-19,22-35,38-44H,20-21,36-37H2,1-13H3. The van der Waals surface area contributed by atoms with E-state index in [1.807, 2.05) is 0 Å². The van der Waals surface area contributed by atoms with Crippen molar-refractivity contribution in [1.82, 2.24) is 0 Å². The number of hydrogen-bond donors (Lipinski definition) is 0. The first kappa shape index (κ1) is 48.1. The van der Waals surface area contributed by atoms with Gasteiger partial charge in [0.05, 0.1) is 5.54 Å². The Hall–Kier alpha value is -6.56. The molecule has 0 aromatic heterocycles. The SMILES string of the molecule is Cc1cc2c3c(c1)[Si](c1ccccc1)(c1ccccc1)c1cc(C)cc4c1B3c1c(cc(N3c5ccc(C(C)(C)C)cc5C5(C)CCCCC35C)cc1N4c1ccc(C(C)(C)C)cc1)N2c1ccc(C(C)(C)C)cc1. The van der Waals surface area contributed by atoms with Gasteiger partial charge in [-0.05, 0) is 175 Å². The molecule has 0 bridgehead atoms. The van der Waals surface area contributed by atoms with E-state index in [4.69, 9.17) is 0 Å². The molecule has 5 aliphatic rings. The van der Waals surface area contributed by atoms with Crippen molar-refractivity contribution in [3.63, 3.8) is 0 Å². The number of hydrogen-bond acceptors (Lipinski definition) is 3. The Balaban J connectivity index is 1.20. The molecular formula is C70H74BN3Si. The number of anilines is 8. The van der Waals surface area contributed by atoms with Crippen LogP contribution in [0.25, 0.3) is 0 Å². The summed E-state index contributed by atoms with van der Waals surface area (Å²) in [6.45, 7) is 31.0. The predicted molar refractivity (Wildman–Crippen MR) is 326 cm³/mol. The second-order valence-electron chi connectivity index (χ2n) is 26.7. The van der Waals surface area contributed by atoms with Crippen LogP contribution >= 0.6 is 0 Å². The van der Waals surface area contributed by atoms with E-state index in [9.17, 15) is 0 Å². The maximum absolute atomic E-state index is 3.04. The molecule has 8 aromatic rings. The number of fused-ring (bicyclic) bond motifs is 3. The maximum Gasteiger partial charge on any atom is 0.251 e. The number of benzene rings is 8. The highest BCUT2D eigenvalue weighted by Crippen LogP contribution is 2.62. The summed E-state index contributed by atoms with van der Waals surface area (Å²) in [6, 6.07) is 65.7. The zero-order valence-corrected chi connectivity index (χ0v) is 47.8. The van der Waals surface area contributed by atoms with Gasteiger partial charge < -0.3 is 14.7 Å². The van der Waals surface area contributed by atoms with Gasteiger partial charge >= 0.3 is 0 Å². The minimum Gasteiger partial charge on any atom is -0.334 e. The van der Waals surface area contributed by atoms with Crippen molar-refractivity contribution in [2.45, 2.75) is 143 Å². The van der Waals surface area contributed by atoms with Crippen LogP contribution in [0.2, 0.25) is 0 Å². The van der Waals surface area contributed by atoms with Crippen molar-refractivity contribution in [1.29, 1.82) is 0 Å². The molecule has 4 aliphatic heterocycles. The van der Waals surface area contributed by atoms with Crippen LogP contribution in [0.1, 0.15) is 135 Å². The molecule has 8 aromatic carbocycles. The third-order valence-electron chi connectivity index (χ3n) is 19.0. The van der Waals surface area contributed by atoms with E-state index in [0.717, 1.165) is 6.42 Å². The molecule has 75 heavy (non-hydrogen) atoms. The normalized spacial score (nSPS) is 20.0. The Labute approximate surface area is 449 Å². The summed E-state index contributed by atoms with van der Waals surface area (Å²) in [4.78, 5) is 8.25. The lowest BCUT2D eigenvalue weighted by molar-refractivity contribution is 0.195. The van der Waals surface area contributed by atoms with Gasteiger partial charge in [0.25, 0.3) is 6.71 Å². The van der Waals surface area contributed by atoms with Crippen LogP contribution in [0.15, 0.2) is 164 Å². The lowest BCUT2D eigenvalue weighted by Crippen LogP contribution is -2.88. The van der Waals surface area contributed by atoms with E-state index in [1.165, 1.54) is 135 Å². The molecule has 3 nitrogen and oxygen atoms in total. The van der Waals surface area contributed by atoms with Crippen molar-refractivity contribution < 1.29 is 0 Å². The van der Waals surface area contributed by atoms with Crippen molar-refractivity contribution in [2.75, 3.05) is 14.7 Å². The van der Waals surface area contributed by atoms with Gasteiger partial charge in [0.2, 0.25) is 0 Å². The van der Waals surface area contributed by atoms with E-state index in [2.05, 4.69) is 269 Å². The largest absolute Gasteiger partial charge is 0.334 e. The highest BCUT2D eigenvalue weighted by Gasteiger charge is 2.60. The summed E-state index contributed by atoms with van der Waals surface area (Å²) in [5, 5.41) is 5.88. The fourth-order valence-electron chi connectivity index (χ4n) is 14.9. The van der Waals surface area contributed by atoms with Crippen molar-refractivity contribution in [3.05, 3.63) is 197 Å². The van der Waals surface area contributed by atoms with Gasteiger partial charge in [-0.1, -0.05) is 191 Å². The summed E-state index contributed by atoms with van der Waals surface area (Å²) in [5.74, 6) is 0. The molecule has 376 valence electrons. The first-order chi connectivity index (χ1) is 35.6. The number of aryl methyl sites for hydroxylation is 2. The van der Waals surface area contributed by atoms with E-state index < -0.39 is 8.07 Å². The second-order valence-corrected chi connectivity index (χ2v) is 30.4. The molecule has 0 radical (unpaired) electrons. The van der Waals surface area contributed by atoms with E-state index in [1.54, 1.807) is 0 Å². The topological polar surface area (TPSA) is 9.72 Å². The fourth-order valence-corrected chi connectivity index (χ4v) is 20.4. The molecule has 5 heteroatoms. The van der Waals surface area contributed by atoms with Crippen LogP contribution in [-0.4, -0.2) is 20.3 Å². The number of nitrogens with zero attached hydrogens (tertiary/aromatic N) is 3. The zero-order chi connectivity index (χ0) is 52.4. The average Bonchev–Trinajstić information content (AvgIpc) is 3.79. The Morgan fingerprint density at radius 1 is 0.427 bits per heavy atom. The van der Waals surface area contributed by atoms with Crippen LogP contribution in [0.5, 0.6) is 0 Å². The molecule has 4 heterocycles. The van der Waals surface area contributed by atoms with Crippen molar-refractivity contribution >= 4 is 97.4 Å². The Bertz CT molecular complexity index is 3430. The van der Waals surface area contributed by atoms with Crippen LogP contribution < -0.4 is 51.8 Å². The maximum atomic E-state index is 2.84. The van der Waals surface area contributed by atoms with Crippen LogP contribution in [-0.2, 0) is 21.7 Å². The highest BCUT2D eigenvalue weighted by molar-refractivity contribution is 7.27. The molecule has 0 saturated heterocycles. The van der Waals surface area contributed by atoms with Crippen LogP contribution in [0.4, 0.5) is 45.5 Å². The first-order valence-electron chi connectivity index (χ1n) is 28.0. The number of rotatable bonds is 5. The van der Waals surface area contributed by atoms with Crippen molar-refractivity contribution in [2.24, 2.45) is 0 Å². The Morgan fingerprint density at radius 2 is 0.853 bits per heavy atom. The Kier molecular flexibility index (Phi) is 10.4. The summed E-state index contributed by atoms with van der Waals surface area (Å²) in [7, 11) is -3.04. The highest BCUT2D eigenvalue weighted by atomic mass is 28.3. The third-order valence-corrected chi connectivity index (χ3v) is 23.8. The van der Waals surface area contributed by atoms with Crippen molar-refractivity contribution in [3.8, 4) is 0 Å². The molecular weight excluding hydrogens is 922 g/mol. The van der Waals surface area contributed by atoms with E-state index in [-0.39, 0.29) is 33.9 Å². The monoisotopic (exact) mass is 996 g/mol. The average molecular weight is 996 g/mol. The molecule has 0 amide bonds. The molecule has 0 N–H and O–H groups in total. The van der Waals surface area contributed by atoms with Crippen LogP contribution in [0, 0.1) is 13.8 Å². The molecule has 1 saturated carbocycles. The van der Waals surface area contributed by atoms with Gasteiger partial charge in [0.1, 0.15) is 0 Å². The lowest BCUT2D eigenvalue weighted by atomic mass is 9.33. The fraction of sp³-hybridized carbons (Fsp3) is 0.314. The summed E-state index contributed by atoms with van der Waals surface area (Å²) in [6.07, 6.45) is 4.79. The minimum atomic E-state index is -3.04. The lowest BCUT2D eigenvalue weighted by Gasteiger charge is -2.53. The van der Waals surface area contributed by atoms with Crippen LogP contribution in [0.3, 0.4) is 0 Å². The predicted octanol–water partition coefficient (Wildman–Crippen LogP) is 13.7. The minimum absolute atomic E-state index is 0.0132. The molecule has 13 rings (SSSR count). The quantitative estimate of drug-likeness (QED) is 0.159. The zero-order valence-electron chi connectivity index (χ0n) is 46.8. The Morgan fingerprint density at radius 3 is 1.31 bits per heavy atom. The molecule has 1 fully saturated rings. The molecule has 0 spiro atoms. The van der Waals surface area contributed by atoms with E-state index in [0.29, 0.717) is 0 Å². The van der Waals surface area contributed by atoms with Gasteiger partial charge in [0, 0.05) is 50.9 Å². The van der Waals surface area contributed by atoms with Gasteiger partial charge in [-0.15, -0.1) is 0 Å². The second kappa shape index (κ2) is 16.2. The summed E-state index contributed by atoms with van der Waals surface area (Å²) < 4.78 is 0. The molecule has 2 atom stereocenters. The summed E-state index contributed by atoms with van der Waals surface area (Å²) >= 11 is 0. The first-order valence-corrected chi connectivity index (χ1v) is 30.0. The smallest absolute Gasteiger partial charge is 0.251 e. The van der Waals surface area contributed by atoms with Gasteiger partial charge in [-0.2, -0.15) is 0 Å². The van der Waals surface area contributed by atoms with Gasteiger partial charge in [-0.25, -0.2) is 0 Å². The van der Waals surface area contributed by atoms with Gasteiger partial charge in [-0.3, -0.25) is 0 Å². The molecule has 2 unspecified atom stereocenters. The molecule has 1 aliphatic carbocycles.